The second-order valence-corrected chi connectivity index (χ2v) is 5.18. The van der Waals surface area contributed by atoms with Gasteiger partial charge in [0.15, 0.2) is 0 Å². The lowest BCUT2D eigenvalue weighted by molar-refractivity contribution is 0.273. The van der Waals surface area contributed by atoms with Crippen LogP contribution < -0.4 is 10.6 Å². The van der Waals surface area contributed by atoms with Crippen LogP contribution in [-0.2, 0) is 0 Å². The van der Waals surface area contributed by atoms with Gasteiger partial charge >= 0.3 is 0 Å². The smallest absolute Gasteiger partial charge is 0.224 e. The molecule has 0 unspecified atom stereocenters. The predicted octanol–water partition coefficient (Wildman–Crippen LogP) is 2.70. The molecule has 2 N–H and O–H groups in total. The number of halogens is 1. The van der Waals surface area contributed by atoms with Crippen LogP contribution in [0.25, 0.3) is 0 Å². The Morgan fingerprint density at radius 2 is 2.11 bits per heavy atom. The van der Waals surface area contributed by atoms with E-state index in [-0.39, 0.29) is 0 Å². The van der Waals surface area contributed by atoms with E-state index < -0.39 is 0 Å². The summed E-state index contributed by atoms with van der Waals surface area (Å²) in [6.45, 7) is 9.08. The first-order valence-electron chi connectivity index (χ1n) is 6.75. The van der Waals surface area contributed by atoms with E-state index in [1.54, 1.807) is 6.20 Å². The number of aromatic nitrogens is 2. The van der Waals surface area contributed by atoms with Gasteiger partial charge in [0.1, 0.15) is 10.8 Å². The summed E-state index contributed by atoms with van der Waals surface area (Å²) < 4.78 is 0. The summed E-state index contributed by atoms with van der Waals surface area (Å²) in [7, 11) is 2.13. The van der Waals surface area contributed by atoms with Crippen LogP contribution in [0.4, 0.5) is 11.8 Å². The van der Waals surface area contributed by atoms with E-state index in [0.717, 1.165) is 26.1 Å². The van der Waals surface area contributed by atoms with Gasteiger partial charge in [0.05, 0.1) is 6.20 Å². The summed E-state index contributed by atoms with van der Waals surface area (Å²) in [5.74, 6) is 1.30. The van der Waals surface area contributed by atoms with Crippen molar-refractivity contribution in [2.45, 2.75) is 33.2 Å². The third kappa shape index (κ3) is 5.61. The Labute approximate surface area is 120 Å². The monoisotopic (exact) mass is 285 g/mol. The van der Waals surface area contributed by atoms with Crippen LogP contribution in [0.3, 0.4) is 0 Å². The second-order valence-electron chi connectivity index (χ2n) is 4.78. The molecular formula is C13H24ClN5. The van der Waals surface area contributed by atoms with Crippen LogP contribution in [0, 0.1) is 0 Å². The molecule has 0 radical (unpaired) electrons. The van der Waals surface area contributed by atoms with Gasteiger partial charge in [-0.15, -0.1) is 0 Å². The molecule has 0 spiro atoms. The minimum Gasteiger partial charge on any atom is -0.369 e. The molecule has 19 heavy (non-hydrogen) atoms. The van der Waals surface area contributed by atoms with Crippen molar-refractivity contribution in [3.8, 4) is 0 Å². The molecule has 0 amide bonds. The Morgan fingerprint density at radius 1 is 1.37 bits per heavy atom. The molecule has 5 nitrogen and oxygen atoms in total. The average molecular weight is 286 g/mol. The van der Waals surface area contributed by atoms with Crippen LogP contribution in [-0.4, -0.2) is 47.6 Å². The van der Waals surface area contributed by atoms with Gasteiger partial charge in [-0.1, -0.05) is 11.6 Å². The Bertz CT molecular complexity index is 383. The second kappa shape index (κ2) is 8.17. The standard InChI is InChI=1S/C13H24ClN5/c1-5-15-13-17-9-11(14)12(18-13)16-7-6-8-19(4)10(2)3/h9-10H,5-8H2,1-4H3,(H2,15,16,17,18). The summed E-state index contributed by atoms with van der Waals surface area (Å²) in [6, 6.07) is 0.572. The third-order valence-electron chi connectivity index (χ3n) is 2.94. The molecule has 1 aromatic rings. The Kier molecular flexibility index (Phi) is 6.87. The third-order valence-corrected chi connectivity index (χ3v) is 3.22. The highest BCUT2D eigenvalue weighted by atomic mass is 35.5. The highest BCUT2D eigenvalue weighted by molar-refractivity contribution is 6.32. The molecule has 0 aliphatic heterocycles. The van der Waals surface area contributed by atoms with Crippen molar-refractivity contribution in [2.75, 3.05) is 37.3 Å². The van der Waals surface area contributed by atoms with E-state index >= 15 is 0 Å². The highest BCUT2D eigenvalue weighted by Crippen LogP contribution is 2.19. The summed E-state index contributed by atoms with van der Waals surface area (Å²) in [6.07, 6.45) is 2.67. The molecule has 0 aromatic carbocycles. The molecule has 0 bridgehead atoms. The van der Waals surface area contributed by atoms with Crippen LogP contribution in [0.5, 0.6) is 0 Å². The fourth-order valence-corrected chi connectivity index (χ4v) is 1.69. The predicted molar refractivity (Wildman–Crippen MR) is 82.1 cm³/mol. The van der Waals surface area contributed by atoms with E-state index in [1.165, 1.54) is 0 Å². The van der Waals surface area contributed by atoms with Crippen LogP contribution in [0.15, 0.2) is 6.20 Å². The van der Waals surface area contributed by atoms with E-state index in [2.05, 4.69) is 46.4 Å². The molecular weight excluding hydrogens is 262 g/mol. The van der Waals surface area contributed by atoms with E-state index in [1.807, 2.05) is 6.92 Å². The van der Waals surface area contributed by atoms with Gasteiger partial charge in [-0.25, -0.2) is 4.98 Å². The zero-order chi connectivity index (χ0) is 14.3. The van der Waals surface area contributed by atoms with Gasteiger partial charge in [0.25, 0.3) is 0 Å². The summed E-state index contributed by atoms with van der Waals surface area (Å²) in [4.78, 5) is 10.8. The summed E-state index contributed by atoms with van der Waals surface area (Å²) in [5.41, 5.74) is 0. The molecule has 0 saturated carbocycles. The Morgan fingerprint density at radius 3 is 2.74 bits per heavy atom. The molecule has 0 saturated heterocycles. The van der Waals surface area contributed by atoms with E-state index in [0.29, 0.717) is 22.8 Å². The van der Waals surface area contributed by atoms with Gasteiger partial charge in [0, 0.05) is 19.1 Å². The van der Waals surface area contributed by atoms with Gasteiger partial charge in [-0.2, -0.15) is 4.98 Å². The topological polar surface area (TPSA) is 53.1 Å². The van der Waals surface area contributed by atoms with Crippen molar-refractivity contribution >= 4 is 23.4 Å². The minimum atomic E-state index is 0.555. The van der Waals surface area contributed by atoms with Crippen molar-refractivity contribution in [1.29, 1.82) is 0 Å². The maximum Gasteiger partial charge on any atom is 0.224 e. The first kappa shape index (κ1) is 16.0. The number of hydrogen-bond donors (Lipinski definition) is 2. The fourth-order valence-electron chi connectivity index (χ4n) is 1.53. The number of nitrogens with zero attached hydrogens (tertiary/aromatic N) is 3. The minimum absolute atomic E-state index is 0.555. The molecule has 6 heteroatoms. The maximum atomic E-state index is 6.06. The van der Waals surface area contributed by atoms with Crippen molar-refractivity contribution in [1.82, 2.24) is 14.9 Å². The first-order chi connectivity index (χ1) is 9.04. The van der Waals surface area contributed by atoms with Crippen LogP contribution in [0.1, 0.15) is 27.2 Å². The van der Waals surface area contributed by atoms with Crippen molar-refractivity contribution in [3.63, 3.8) is 0 Å². The number of rotatable bonds is 8. The van der Waals surface area contributed by atoms with Crippen LogP contribution in [0.2, 0.25) is 5.02 Å². The Hall–Kier alpha value is -1.07. The lowest BCUT2D eigenvalue weighted by atomic mass is 10.3. The number of nitrogens with one attached hydrogen (secondary N) is 2. The lowest BCUT2D eigenvalue weighted by Crippen LogP contribution is -2.28. The van der Waals surface area contributed by atoms with Crippen LogP contribution >= 0.6 is 11.6 Å². The maximum absolute atomic E-state index is 6.06. The SMILES string of the molecule is CCNc1ncc(Cl)c(NCCCN(C)C(C)C)n1. The molecule has 0 aliphatic rings. The quantitative estimate of drug-likeness (QED) is 0.719. The highest BCUT2D eigenvalue weighted by Gasteiger charge is 2.05. The first-order valence-corrected chi connectivity index (χ1v) is 7.13. The largest absolute Gasteiger partial charge is 0.369 e. The molecule has 1 rings (SSSR count). The molecule has 1 aromatic heterocycles. The van der Waals surface area contributed by atoms with Gasteiger partial charge in [0.2, 0.25) is 5.95 Å². The zero-order valence-electron chi connectivity index (χ0n) is 12.2. The van der Waals surface area contributed by atoms with E-state index in [4.69, 9.17) is 11.6 Å². The number of hydrogen-bond acceptors (Lipinski definition) is 5. The van der Waals surface area contributed by atoms with Crippen molar-refractivity contribution in [2.24, 2.45) is 0 Å². The normalized spacial score (nSPS) is 11.1. The molecule has 0 atom stereocenters. The zero-order valence-corrected chi connectivity index (χ0v) is 13.0. The van der Waals surface area contributed by atoms with Gasteiger partial charge in [-0.3, -0.25) is 0 Å². The summed E-state index contributed by atoms with van der Waals surface area (Å²) >= 11 is 6.06. The average Bonchev–Trinajstić information content (AvgIpc) is 2.38. The van der Waals surface area contributed by atoms with Gasteiger partial charge in [-0.05, 0) is 40.8 Å². The molecule has 0 fully saturated rings. The van der Waals surface area contributed by atoms with Crippen molar-refractivity contribution < 1.29 is 0 Å². The lowest BCUT2D eigenvalue weighted by Gasteiger charge is -2.20. The van der Waals surface area contributed by atoms with E-state index in [9.17, 15) is 0 Å². The number of anilines is 2. The molecule has 1 heterocycles. The molecule has 108 valence electrons. The van der Waals surface area contributed by atoms with Crippen molar-refractivity contribution in [3.05, 3.63) is 11.2 Å². The summed E-state index contributed by atoms with van der Waals surface area (Å²) in [5, 5.41) is 6.88. The Balaban J connectivity index is 2.42. The fraction of sp³-hybridized carbons (Fsp3) is 0.692. The van der Waals surface area contributed by atoms with Gasteiger partial charge < -0.3 is 15.5 Å². The molecule has 0 aliphatic carbocycles.